The summed E-state index contributed by atoms with van der Waals surface area (Å²) in [7, 11) is 4.00. The molecule has 2 nitrogen and oxygen atoms in total. The molecule has 0 bridgehead atoms. The van der Waals surface area contributed by atoms with Crippen LogP contribution in [0.4, 0.5) is 0 Å². The number of hydrogen-bond donors (Lipinski definition) is 1. The van der Waals surface area contributed by atoms with Crippen LogP contribution in [0.2, 0.25) is 0 Å². The summed E-state index contributed by atoms with van der Waals surface area (Å²) in [6, 6.07) is 0. The number of nitrogens with one attached hydrogen (secondary N) is 1. The second-order valence-electron chi connectivity index (χ2n) is 3.92. The molecule has 0 atom stereocenters. The summed E-state index contributed by atoms with van der Waals surface area (Å²) in [6.07, 6.45) is 5.05. The predicted molar refractivity (Wildman–Crippen MR) is 66.4 cm³/mol. The van der Waals surface area contributed by atoms with Gasteiger partial charge in [-0.1, -0.05) is 19.2 Å². The first-order valence-corrected chi connectivity index (χ1v) is 5.19. The second-order valence-corrected chi connectivity index (χ2v) is 3.92. The first-order chi connectivity index (χ1) is 7.10. The molecule has 0 saturated carbocycles. The van der Waals surface area contributed by atoms with E-state index in [9.17, 15) is 0 Å². The van der Waals surface area contributed by atoms with E-state index in [1.807, 2.05) is 13.1 Å². The standard InChI is InChI=1S/C13H20N2/c1-6-12(9-14-4)8-13-10(2)7-11(3)15(13)5/h6,8,14H,1,3,7,9H2,2,4-5H3/b12-8+. The molecule has 82 valence electrons. The molecule has 15 heavy (non-hydrogen) atoms. The summed E-state index contributed by atoms with van der Waals surface area (Å²) < 4.78 is 0. The summed E-state index contributed by atoms with van der Waals surface area (Å²) in [4.78, 5) is 2.15. The first-order valence-electron chi connectivity index (χ1n) is 5.19. The molecule has 1 aliphatic rings. The van der Waals surface area contributed by atoms with Crippen molar-refractivity contribution in [3.8, 4) is 0 Å². The van der Waals surface area contributed by atoms with Gasteiger partial charge in [-0.15, -0.1) is 0 Å². The van der Waals surface area contributed by atoms with Gasteiger partial charge in [0.1, 0.15) is 0 Å². The van der Waals surface area contributed by atoms with Crippen molar-refractivity contribution >= 4 is 0 Å². The fourth-order valence-corrected chi connectivity index (χ4v) is 1.75. The third-order valence-corrected chi connectivity index (χ3v) is 2.71. The Balaban J connectivity index is 2.92. The lowest BCUT2D eigenvalue weighted by atomic mass is 10.1. The van der Waals surface area contributed by atoms with Crippen LogP contribution in [0.1, 0.15) is 13.3 Å². The lowest BCUT2D eigenvalue weighted by Crippen LogP contribution is -2.13. The first kappa shape index (κ1) is 11.8. The second kappa shape index (κ2) is 4.99. The number of hydrogen-bond acceptors (Lipinski definition) is 2. The van der Waals surface area contributed by atoms with Crippen molar-refractivity contribution in [1.82, 2.24) is 10.2 Å². The largest absolute Gasteiger partial charge is 0.348 e. The molecule has 0 unspecified atom stereocenters. The highest BCUT2D eigenvalue weighted by Gasteiger charge is 2.17. The van der Waals surface area contributed by atoms with Gasteiger partial charge in [-0.3, -0.25) is 0 Å². The van der Waals surface area contributed by atoms with Crippen LogP contribution >= 0.6 is 0 Å². The van der Waals surface area contributed by atoms with Gasteiger partial charge in [0, 0.05) is 31.4 Å². The van der Waals surface area contributed by atoms with Crippen LogP contribution in [0.15, 0.2) is 47.9 Å². The molecule has 1 rings (SSSR count). The van der Waals surface area contributed by atoms with Crippen LogP contribution in [-0.2, 0) is 0 Å². The highest BCUT2D eigenvalue weighted by atomic mass is 15.1. The monoisotopic (exact) mass is 204 g/mol. The minimum atomic E-state index is 0.848. The van der Waals surface area contributed by atoms with Gasteiger partial charge < -0.3 is 10.2 Å². The maximum absolute atomic E-state index is 4.03. The molecule has 0 saturated heterocycles. The van der Waals surface area contributed by atoms with E-state index in [4.69, 9.17) is 0 Å². The van der Waals surface area contributed by atoms with E-state index in [1.165, 1.54) is 16.8 Å². The lowest BCUT2D eigenvalue weighted by molar-refractivity contribution is 0.557. The van der Waals surface area contributed by atoms with Crippen molar-refractivity contribution in [2.24, 2.45) is 0 Å². The normalized spacial score (nSPS) is 17.7. The van der Waals surface area contributed by atoms with E-state index in [0.717, 1.165) is 18.7 Å². The van der Waals surface area contributed by atoms with Crippen molar-refractivity contribution < 1.29 is 0 Å². The topological polar surface area (TPSA) is 15.3 Å². The van der Waals surface area contributed by atoms with Crippen molar-refractivity contribution in [2.75, 3.05) is 20.6 Å². The Labute approximate surface area is 92.7 Å². The lowest BCUT2D eigenvalue weighted by Gasteiger charge is -2.16. The highest BCUT2D eigenvalue weighted by Crippen LogP contribution is 2.29. The van der Waals surface area contributed by atoms with E-state index in [1.54, 1.807) is 0 Å². The highest BCUT2D eigenvalue weighted by molar-refractivity contribution is 5.39. The molecule has 0 aromatic rings. The Morgan fingerprint density at radius 3 is 2.67 bits per heavy atom. The molecular weight excluding hydrogens is 184 g/mol. The maximum Gasteiger partial charge on any atom is 0.0401 e. The molecule has 0 aromatic heterocycles. The van der Waals surface area contributed by atoms with E-state index >= 15 is 0 Å². The Kier molecular flexibility index (Phi) is 3.92. The van der Waals surface area contributed by atoms with E-state index in [2.05, 4.69) is 43.4 Å². The van der Waals surface area contributed by atoms with Crippen molar-refractivity contribution in [3.63, 3.8) is 0 Å². The zero-order chi connectivity index (χ0) is 11.4. The van der Waals surface area contributed by atoms with Crippen molar-refractivity contribution in [1.29, 1.82) is 0 Å². The Morgan fingerprint density at radius 2 is 2.27 bits per heavy atom. The van der Waals surface area contributed by atoms with Gasteiger partial charge in [0.25, 0.3) is 0 Å². The van der Waals surface area contributed by atoms with E-state index < -0.39 is 0 Å². The summed E-state index contributed by atoms with van der Waals surface area (Å²) in [5.41, 5.74) is 4.99. The smallest absolute Gasteiger partial charge is 0.0401 e. The van der Waals surface area contributed by atoms with Crippen LogP contribution in [0, 0.1) is 0 Å². The maximum atomic E-state index is 4.03. The molecular formula is C13H20N2. The van der Waals surface area contributed by atoms with E-state index in [0.29, 0.717) is 0 Å². The van der Waals surface area contributed by atoms with Crippen LogP contribution < -0.4 is 5.32 Å². The number of likely N-dealkylation sites (N-methyl/N-ethyl adjacent to an activating group) is 2. The van der Waals surface area contributed by atoms with Gasteiger partial charge in [0.15, 0.2) is 0 Å². The zero-order valence-corrected chi connectivity index (χ0v) is 9.93. The fourth-order valence-electron chi connectivity index (χ4n) is 1.75. The number of allylic oxidation sites excluding steroid dienone is 2. The number of nitrogens with zero attached hydrogens (tertiary/aromatic N) is 1. The molecule has 0 fully saturated rings. The van der Waals surface area contributed by atoms with Gasteiger partial charge >= 0.3 is 0 Å². The van der Waals surface area contributed by atoms with Crippen LogP contribution in [0.3, 0.4) is 0 Å². The zero-order valence-electron chi connectivity index (χ0n) is 9.93. The third-order valence-electron chi connectivity index (χ3n) is 2.71. The minimum absolute atomic E-state index is 0.848. The quantitative estimate of drug-likeness (QED) is 0.708. The molecule has 0 radical (unpaired) electrons. The molecule has 1 N–H and O–H groups in total. The molecule has 1 heterocycles. The molecule has 0 aliphatic carbocycles. The molecule has 1 aliphatic heterocycles. The van der Waals surface area contributed by atoms with E-state index in [-0.39, 0.29) is 0 Å². The Morgan fingerprint density at radius 1 is 1.60 bits per heavy atom. The van der Waals surface area contributed by atoms with Crippen molar-refractivity contribution in [2.45, 2.75) is 13.3 Å². The summed E-state index contributed by atoms with van der Waals surface area (Å²) in [6.45, 7) is 10.8. The van der Waals surface area contributed by atoms with Gasteiger partial charge in [-0.25, -0.2) is 0 Å². The van der Waals surface area contributed by atoms with Gasteiger partial charge in [0.05, 0.1) is 0 Å². The molecule has 0 amide bonds. The average molecular weight is 204 g/mol. The van der Waals surface area contributed by atoms with Gasteiger partial charge in [0.2, 0.25) is 0 Å². The van der Waals surface area contributed by atoms with Crippen LogP contribution in [-0.4, -0.2) is 25.5 Å². The molecule has 0 spiro atoms. The SMILES string of the molecule is C=C/C(=C\C1=C(C)CC(=C)N1C)CNC. The Bertz CT molecular complexity index is 334. The van der Waals surface area contributed by atoms with Crippen LogP contribution in [0.25, 0.3) is 0 Å². The van der Waals surface area contributed by atoms with Crippen LogP contribution in [0.5, 0.6) is 0 Å². The molecule has 2 heteroatoms. The van der Waals surface area contributed by atoms with Crippen molar-refractivity contribution in [3.05, 3.63) is 47.9 Å². The fraction of sp³-hybridized carbons (Fsp3) is 0.385. The Hall–Kier alpha value is -1.28. The number of rotatable bonds is 4. The van der Waals surface area contributed by atoms with Gasteiger partial charge in [-0.05, 0) is 31.2 Å². The predicted octanol–water partition coefficient (Wildman–Crippen LogP) is 2.44. The van der Waals surface area contributed by atoms with Gasteiger partial charge in [-0.2, -0.15) is 0 Å². The third kappa shape index (κ3) is 2.60. The summed E-state index contributed by atoms with van der Waals surface area (Å²) in [5, 5.41) is 3.13. The molecule has 0 aromatic carbocycles. The summed E-state index contributed by atoms with van der Waals surface area (Å²) in [5.74, 6) is 0. The minimum Gasteiger partial charge on any atom is -0.348 e. The summed E-state index contributed by atoms with van der Waals surface area (Å²) >= 11 is 0. The average Bonchev–Trinajstić information content (AvgIpc) is 2.44.